The molecule has 0 saturated heterocycles. The van der Waals surface area contributed by atoms with Gasteiger partial charge in [-0.15, -0.1) is 14.8 Å². The molecule has 0 bridgehead atoms. The van der Waals surface area contributed by atoms with Crippen molar-refractivity contribution in [1.29, 1.82) is 0 Å². The number of hydrogen-bond donors (Lipinski definition) is 1. The monoisotopic (exact) mass is 302 g/mol. The van der Waals surface area contributed by atoms with Crippen molar-refractivity contribution < 1.29 is 4.74 Å². The normalized spacial score (nSPS) is 27.0. The van der Waals surface area contributed by atoms with Crippen molar-refractivity contribution in [2.24, 2.45) is 5.41 Å². The van der Waals surface area contributed by atoms with E-state index >= 15 is 0 Å². The number of hydrogen-bond acceptors (Lipinski definition) is 6. The fourth-order valence-corrected chi connectivity index (χ4v) is 4.17. The summed E-state index contributed by atoms with van der Waals surface area (Å²) in [7, 11) is 0. The summed E-state index contributed by atoms with van der Waals surface area (Å²) < 4.78 is 7.47. The van der Waals surface area contributed by atoms with Crippen LogP contribution in [0.15, 0.2) is 12.1 Å². The van der Waals surface area contributed by atoms with Gasteiger partial charge in [-0.1, -0.05) is 19.3 Å². The second-order valence-electron chi connectivity index (χ2n) is 6.42. The topological polar surface area (TPSA) is 77.2 Å². The Balaban J connectivity index is 1.53. The van der Waals surface area contributed by atoms with Gasteiger partial charge in [0.15, 0.2) is 5.65 Å². The van der Waals surface area contributed by atoms with Gasteiger partial charge in [-0.05, 0) is 48.7 Å². The van der Waals surface area contributed by atoms with Gasteiger partial charge < -0.3 is 10.1 Å². The number of nitrogens with zero attached hydrogens (tertiary/aromatic N) is 5. The molecule has 2 fully saturated rings. The van der Waals surface area contributed by atoms with Crippen LogP contribution in [-0.4, -0.2) is 44.0 Å². The first kappa shape index (κ1) is 13.9. The highest BCUT2D eigenvalue weighted by Gasteiger charge is 2.55. The zero-order valence-corrected chi connectivity index (χ0v) is 12.9. The summed E-state index contributed by atoms with van der Waals surface area (Å²) in [6.07, 6.45) is 7.92. The molecule has 0 aromatic carbocycles. The summed E-state index contributed by atoms with van der Waals surface area (Å²) >= 11 is 0. The average molecular weight is 302 g/mol. The van der Waals surface area contributed by atoms with Crippen LogP contribution in [0, 0.1) is 5.41 Å². The van der Waals surface area contributed by atoms with Crippen LogP contribution in [0.5, 0.6) is 0 Å². The van der Waals surface area contributed by atoms with Crippen molar-refractivity contribution in [3.8, 4) is 0 Å². The van der Waals surface area contributed by atoms with Crippen LogP contribution < -0.4 is 5.32 Å². The van der Waals surface area contributed by atoms with Gasteiger partial charge in [0.2, 0.25) is 0 Å². The van der Waals surface area contributed by atoms with E-state index in [0.717, 1.165) is 18.8 Å². The zero-order chi connectivity index (χ0) is 15.0. The van der Waals surface area contributed by atoms with Crippen LogP contribution in [0.2, 0.25) is 0 Å². The highest BCUT2D eigenvalue weighted by molar-refractivity contribution is 5.44. The smallest absolute Gasteiger partial charge is 0.200 e. The number of fused-ring (bicyclic) bond motifs is 1. The third-order valence-corrected chi connectivity index (χ3v) is 5.33. The fourth-order valence-electron chi connectivity index (χ4n) is 4.17. The molecule has 2 aliphatic rings. The van der Waals surface area contributed by atoms with Crippen molar-refractivity contribution >= 4 is 11.5 Å². The Morgan fingerprint density at radius 3 is 3.00 bits per heavy atom. The minimum absolute atomic E-state index is 0.283. The molecule has 2 aromatic rings. The highest BCUT2D eigenvalue weighted by atomic mass is 16.5. The third-order valence-electron chi connectivity index (χ3n) is 5.33. The summed E-state index contributed by atoms with van der Waals surface area (Å²) in [6.45, 7) is 2.89. The standard InChI is InChI=1S/C15H22N6O/c1-2-22-12-10-11(15(12)8-4-3-5-9-15)16-13-6-7-14-17-19-20-21(14)18-13/h6-7,11-12H,2-5,8-10H2,1H3,(H,16,18)/t11-,12-/m1/s1. The number of nitrogens with one attached hydrogen (secondary N) is 1. The summed E-state index contributed by atoms with van der Waals surface area (Å²) in [5.41, 5.74) is 0.949. The van der Waals surface area contributed by atoms with Crippen LogP contribution >= 0.6 is 0 Å². The molecule has 118 valence electrons. The van der Waals surface area contributed by atoms with Crippen molar-refractivity contribution in [3.63, 3.8) is 0 Å². The quantitative estimate of drug-likeness (QED) is 0.931. The minimum atomic E-state index is 0.283. The maximum absolute atomic E-state index is 6.00. The molecule has 2 aliphatic carbocycles. The van der Waals surface area contributed by atoms with Gasteiger partial charge in [-0.2, -0.15) is 0 Å². The lowest BCUT2D eigenvalue weighted by atomic mass is 9.55. The Morgan fingerprint density at radius 2 is 2.18 bits per heavy atom. The predicted octanol–water partition coefficient (Wildman–Crippen LogP) is 2.06. The van der Waals surface area contributed by atoms with E-state index in [0.29, 0.717) is 17.8 Å². The first-order valence-electron chi connectivity index (χ1n) is 8.25. The van der Waals surface area contributed by atoms with Gasteiger partial charge in [0.05, 0.1) is 6.10 Å². The van der Waals surface area contributed by atoms with E-state index in [1.54, 1.807) is 0 Å². The summed E-state index contributed by atoms with van der Waals surface area (Å²) in [5, 5.41) is 19.4. The van der Waals surface area contributed by atoms with Gasteiger partial charge in [0.1, 0.15) is 5.82 Å². The van der Waals surface area contributed by atoms with Crippen molar-refractivity contribution in [3.05, 3.63) is 12.1 Å². The second kappa shape index (κ2) is 5.46. The number of ether oxygens (including phenoxy) is 1. The second-order valence-corrected chi connectivity index (χ2v) is 6.42. The van der Waals surface area contributed by atoms with Gasteiger partial charge >= 0.3 is 0 Å². The van der Waals surface area contributed by atoms with Crippen LogP contribution in [0.25, 0.3) is 5.65 Å². The molecule has 1 spiro atoms. The van der Waals surface area contributed by atoms with Crippen LogP contribution in [0.4, 0.5) is 5.82 Å². The lowest BCUT2D eigenvalue weighted by Gasteiger charge is -2.57. The van der Waals surface area contributed by atoms with Gasteiger partial charge in [-0.3, -0.25) is 0 Å². The Bertz CT molecular complexity index is 650. The molecule has 4 rings (SSSR count). The maximum atomic E-state index is 6.00. The fraction of sp³-hybridized carbons (Fsp3) is 0.733. The van der Waals surface area contributed by atoms with E-state index in [1.807, 2.05) is 12.1 Å². The molecule has 0 amide bonds. The number of rotatable bonds is 4. The molecular formula is C15H22N6O. The molecular weight excluding hydrogens is 280 g/mol. The van der Waals surface area contributed by atoms with Crippen LogP contribution in [0.1, 0.15) is 45.4 Å². The molecule has 2 atom stereocenters. The van der Waals surface area contributed by atoms with Gasteiger partial charge in [-0.25, -0.2) is 0 Å². The van der Waals surface area contributed by atoms with E-state index < -0.39 is 0 Å². The number of anilines is 1. The third kappa shape index (κ3) is 2.15. The number of aromatic nitrogens is 5. The van der Waals surface area contributed by atoms with Crippen LogP contribution in [0.3, 0.4) is 0 Å². The summed E-state index contributed by atoms with van der Waals surface area (Å²) in [4.78, 5) is 0. The Hall–Kier alpha value is -1.76. The highest BCUT2D eigenvalue weighted by Crippen LogP contribution is 2.54. The molecule has 2 saturated carbocycles. The SMILES string of the molecule is CCO[C@@H]1C[C@@H](Nc2ccc3nnnn3n2)C12CCCCC2. The van der Waals surface area contributed by atoms with E-state index in [-0.39, 0.29) is 5.41 Å². The molecule has 2 heterocycles. The minimum Gasteiger partial charge on any atom is -0.378 e. The molecule has 0 unspecified atom stereocenters. The van der Waals surface area contributed by atoms with E-state index in [4.69, 9.17) is 4.74 Å². The van der Waals surface area contributed by atoms with Crippen LogP contribution in [-0.2, 0) is 4.74 Å². The predicted molar refractivity (Wildman–Crippen MR) is 81.5 cm³/mol. The van der Waals surface area contributed by atoms with Crippen molar-refractivity contribution in [2.75, 3.05) is 11.9 Å². The maximum Gasteiger partial charge on any atom is 0.200 e. The molecule has 7 heteroatoms. The average Bonchev–Trinajstić information content (AvgIpc) is 3.02. The zero-order valence-electron chi connectivity index (χ0n) is 12.9. The molecule has 0 aliphatic heterocycles. The molecule has 7 nitrogen and oxygen atoms in total. The van der Waals surface area contributed by atoms with Gasteiger partial charge in [0.25, 0.3) is 0 Å². The Kier molecular flexibility index (Phi) is 3.44. The van der Waals surface area contributed by atoms with Crippen molar-refractivity contribution in [2.45, 2.75) is 57.6 Å². The summed E-state index contributed by atoms with van der Waals surface area (Å²) in [6, 6.07) is 4.28. The Morgan fingerprint density at radius 1 is 1.32 bits per heavy atom. The molecule has 1 N–H and O–H groups in total. The lowest BCUT2D eigenvalue weighted by Crippen LogP contribution is -2.62. The lowest BCUT2D eigenvalue weighted by molar-refractivity contribution is -0.134. The Labute approximate surface area is 129 Å². The van der Waals surface area contributed by atoms with E-state index in [1.165, 1.54) is 36.7 Å². The van der Waals surface area contributed by atoms with E-state index in [2.05, 4.69) is 32.9 Å². The molecule has 2 aromatic heterocycles. The first-order chi connectivity index (χ1) is 10.8. The largest absolute Gasteiger partial charge is 0.378 e. The molecule has 22 heavy (non-hydrogen) atoms. The van der Waals surface area contributed by atoms with Crippen molar-refractivity contribution in [1.82, 2.24) is 25.3 Å². The first-order valence-corrected chi connectivity index (χ1v) is 8.25. The van der Waals surface area contributed by atoms with E-state index in [9.17, 15) is 0 Å². The molecule has 0 radical (unpaired) electrons. The van der Waals surface area contributed by atoms with Gasteiger partial charge in [0, 0.05) is 18.1 Å². The number of tetrazole rings is 1. The summed E-state index contributed by atoms with van der Waals surface area (Å²) in [5.74, 6) is 0.838.